The molecule has 1 atom stereocenters. The Balaban J connectivity index is 2.39. The van der Waals surface area contributed by atoms with Gasteiger partial charge in [0.25, 0.3) is 0 Å². The van der Waals surface area contributed by atoms with Gasteiger partial charge in [0.2, 0.25) is 5.91 Å². The number of halogens is 1. The van der Waals surface area contributed by atoms with Crippen molar-refractivity contribution >= 4 is 33.8 Å². The lowest BCUT2D eigenvalue weighted by Crippen LogP contribution is -2.48. The SMILES string of the molecule is NC(=O)C1CCCCN1c1ccc(Br)cc1C=O. The van der Waals surface area contributed by atoms with E-state index >= 15 is 0 Å². The molecule has 0 aliphatic carbocycles. The Bertz CT molecular complexity index is 476. The first-order valence-corrected chi connectivity index (χ1v) is 6.73. The summed E-state index contributed by atoms with van der Waals surface area (Å²) in [6.45, 7) is 0.760. The Kier molecular flexibility index (Phi) is 4.01. The molecule has 1 heterocycles. The smallest absolute Gasteiger partial charge is 0.240 e. The number of anilines is 1. The molecule has 0 spiro atoms. The number of carbonyl (C=O) groups is 2. The van der Waals surface area contributed by atoms with Crippen LogP contribution in [0.2, 0.25) is 0 Å². The van der Waals surface area contributed by atoms with Crippen molar-refractivity contribution in [3.05, 3.63) is 28.2 Å². The second-order valence-electron chi connectivity index (χ2n) is 4.43. The van der Waals surface area contributed by atoms with Gasteiger partial charge in [-0.15, -0.1) is 0 Å². The Morgan fingerprint density at radius 1 is 1.44 bits per heavy atom. The van der Waals surface area contributed by atoms with Gasteiger partial charge in [-0.1, -0.05) is 15.9 Å². The molecule has 18 heavy (non-hydrogen) atoms. The molecule has 1 aliphatic heterocycles. The van der Waals surface area contributed by atoms with Gasteiger partial charge >= 0.3 is 0 Å². The number of piperidine rings is 1. The van der Waals surface area contributed by atoms with Gasteiger partial charge in [-0.25, -0.2) is 0 Å². The van der Waals surface area contributed by atoms with Gasteiger partial charge in [0, 0.05) is 22.3 Å². The highest BCUT2D eigenvalue weighted by atomic mass is 79.9. The molecule has 2 rings (SSSR count). The quantitative estimate of drug-likeness (QED) is 0.870. The van der Waals surface area contributed by atoms with Crippen LogP contribution >= 0.6 is 15.9 Å². The minimum absolute atomic E-state index is 0.307. The fraction of sp³-hybridized carbons (Fsp3) is 0.385. The second-order valence-corrected chi connectivity index (χ2v) is 5.34. The molecular weight excluding hydrogens is 296 g/mol. The third-order valence-corrected chi connectivity index (χ3v) is 3.75. The van der Waals surface area contributed by atoms with Crippen molar-refractivity contribution in [2.24, 2.45) is 5.73 Å². The number of carbonyl (C=O) groups excluding carboxylic acids is 2. The summed E-state index contributed by atoms with van der Waals surface area (Å²) >= 11 is 3.34. The van der Waals surface area contributed by atoms with E-state index in [9.17, 15) is 9.59 Å². The summed E-state index contributed by atoms with van der Waals surface area (Å²) in [5.41, 5.74) is 6.81. The number of aldehydes is 1. The van der Waals surface area contributed by atoms with Crippen LogP contribution in [0.5, 0.6) is 0 Å². The normalized spacial score (nSPS) is 19.6. The molecule has 1 aromatic rings. The molecule has 5 heteroatoms. The van der Waals surface area contributed by atoms with Crippen molar-refractivity contribution in [3.8, 4) is 0 Å². The second kappa shape index (κ2) is 5.52. The highest BCUT2D eigenvalue weighted by Crippen LogP contribution is 2.29. The van der Waals surface area contributed by atoms with Crippen molar-refractivity contribution < 1.29 is 9.59 Å². The van der Waals surface area contributed by atoms with E-state index < -0.39 is 0 Å². The maximum Gasteiger partial charge on any atom is 0.240 e. The molecule has 0 radical (unpaired) electrons. The number of amides is 1. The lowest BCUT2D eigenvalue weighted by molar-refractivity contribution is -0.119. The van der Waals surface area contributed by atoms with Gasteiger partial charge in [-0.05, 0) is 37.5 Å². The summed E-state index contributed by atoms with van der Waals surface area (Å²) in [5.74, 6) is -0.325. The van der Waals surface area contributed by atoms with Crippen molar-refractivity contribution in [1.82, 2.24) is 0 Å². The van der Waals surface area contributed by atoms with E-state index in [1.54, 1.807) is 6.07 Å². The Hall–Kier alpha value is -1.36. The number of rotatable bonds is 3. The number of benzene rings is 1. The number of nitrogens with zero attached hydrogens (tertiary/aromatic N) is 1. The zero-order valence-electron chi connectivity index (χ0n) is 9.93. The zero-order valence-corrected chi connectivity index (χ0v) is 11.5. The van der Waals surface area contributed by atoms with E-state index in [2.05, 4.69) is 15.9 Å². The first kappa shape index (κ1) is 13.1. The molecule has 1 unspecified atom stereocenters. The molecule has 0 aromatic heterocycles. The Morgan fingerprint density at radius 2 is 2.22 bits per heavy atom. The maximum atomic E-state index is 11.5. The van der Waals surface area contributed by atoms with Crippen LogP contribution in [0.25, 0.3) is 0 Å². The van der Waals surface area contributed by atoms with Gasteiger partial charge in [-0.2, -0.15) is 0 Å². The molecule has 1 saturated heterocycles. The lowest BCUT2D eigenvalue weighted by Gasteiger charge is -2.36. The third-order valence-electron chi connectivity index (χ3n) is 3.26. The van der Waals surface area contributed by atoms with Crippen LogP contribution in [0.15, 0.2) is 22.7 Å². The molecule has 1 aromatic carbocycles. The van der Waals surface area contributed by atoms with Gasteiger partial charge in [0.1, 0.15) is 6.04 Å². The van der Waals surface area contributed by atoms with E-state index in [-0.39, 0.29) is 11.9 Å². The number of nitrogens with two attached hydrogens (primary N) is 1. The molecule has 2 N–H and O–H groups in total. The number of primary amides is 1. The van der Waals surface area contributed by atoms with Crippen LogP contribution in [-0.4, -0.2) is 24.8 Å². The molecule has 1 aliphatic rings. The van der Waals surface area contributed by atoms with Crippen LogP contribution in [0.3, 0.4) is 0 Å². The number of hydrogen-bond donors (Lipinski definition) is 1. The van der Waals surface area contributed by atoms with Crippen LogP contribution in [-0.2, 0) is 4.79 Å². The topological polar surface area (TPSA) is 63.4 Å². The first-order valence-electron chi connectivity index (χ1n) is 5.94. The summed E-state index contributed by atoms with van der Waals surface area (Å²) in [7, 11) is 0. The molecule has 0 bridgehead atoms. The van der Waals surface area contributed by atoms with Gasteiger partial charge in [0.05, 0.1) is 0 Å². The van der Waals surface area contributed by atoms with Crippen LogP contribution in [0.4, 0.5) is 5.69 Å². The molecule has 4 nitrogen and oxygen atoms in total. The summed E-state index contributed by atoms with van der Waals surface area (Å²) in [5, 5.41) is 0. The lowest BCUT2D eigenvalue weighted by atomic mass is 9.99. The fourth-order valence-electron chi connectivity index (χ4n) is 2.40. The van der Waals surface area contributed by atoms with Crippen LogP contribution < -0.4 is 10.6 Å². The van der Waals surface area contributed by atoms with Crippen LogP contribution in [0, 0.1) is 0 Å². The maximum absolute atomic E-state index is 11.5. The predicted molar refractivity (Wildman–Crippen MR) is 73.7 cm³/mol. The Morgan fingerprint density at radius 3 is 2.89 bits per heavy atom. The van der Waals surface area contributed by atoms with Gasteiger partial charge in [0.15, 0.2) is 6.29 Å². The Labute approximate surface area is 114 Å². The minimum Gasteiger partial charge on any atom is -0.368 e. The number of hydrogen-bond acceptors (Lipinski definition) is 3. The highest BCUT2D eigenvalue weighted by Gasteiger charge is 2.28. The summed E-state index contributed by atoms with van der Waals surface area (Å²) in [4.78, 5) is 24.6. The largest absolute Gasteiger partial charge is 0.368 e. The monoisotopic (exact) mass is 310 g/mol. The molecule has 0 saturated carbocycles. The average Bonchev–Trinajstić information content (AvgIpc) is 2.38. The fourth-order valence-corrected chi connectivity index (χ4v) is 2.78. The van der Waals surface area contributed by atoms with Gasteiger partial charge in [-0.3, -0.25) is 9.59 Å². The summed E-state index contributed by atoms with van der Waals surface area (Å²) < 4.78 is 0.848. The summed E-state index contributed by atoms with van der Waals surface area (Å²) in [6.07, 6.45) is 3.58. The third kappa shape index (κ3) is 2.56. The molecular formula is C13H15BrN2O2. The van der Waals surface area contributed by atoms with E-state index in [4.69, 9.17) is 5.73 Å². The minimum atomic E-state index is -0.325. The average molecular weight is 311 g/mol. The van der Waals surface area contributed by atoms with Crippen molar-refractivity contribution in [2.45, 2.75) is 25.3 Å². The van der Waals surface area contributed by atoms with Crippen LogP contribution in [0.1, 0.15) is 29.6 Å². The molecule has 1 fully saturated rings. The van der Waals surface area contributed by atoms with E-state index in [1.165, 1.54) is 0 Å². The molecule has 1 amide bonds. The standard InChI is InChI=1S/C13H15BrN2O2/c14-10-4-5-11(9(7-10)8-17)16-6-2-1-3-12(16)13(15)18/h4-5,7-8,12H,1-3,6H2,(H2,15,18). The van der Waals surface area contributed by atoms with E-state index in [0.29, 0.717) is 5.56 Å². The molecule has 96 valence electrons. The summed E-state index contributed by atoms with van der Waals surface area (Å²) in [6, 6.07) is 5.18. The van der Waals surface area contributed by atoms with E-state index in [1.807, 2.05) is 17.0 Å². The predicted octanol–water partition coefficient (Wildman–Crippen LogP) is 2.11. The van der Waals surface area contributed by atoms with E-state index in [0.717, 1.165) is 42.3 Å². The van der Waals surface area contributed by atoms with Crippen molar-refractivity contribution in [2.75, 3.05) is 11.4 Å². The van der Waals surface area contributed by atoms with Crippen molar-refractivity contribution in [1.29, 1.82) is 0 Å². The van der Waals surface area contributed by atoms with Gasteiger partial charge < -0.3 is 10.6 Å². The zero-order chi connectivity index (χ0) is 13.1. The first-order chi connectivity index (χ1) is 8.63. The van der Waals surface area contributed by atoms with Crippen molar-refractivity contribution in [3.63, 3.8) is 0 Å². The highest BCUT2D eigenvalue weighted by molar-refractivity contribution is 9.10.